The summed E-state index contributed by atoms with van der Waals surface area (Å²) in [4.78, 5) is 6.12. The van der Waals surface area contributed by atoms with Crippen molar-refractivity contribution in [2.24, 2.45) is 0 Å². The SMILES string of the molecule is CCc1nc(C(NC)c2ccc(C)c(C)c2)sc1C. The first kappa shape index (κ1) is 14.2. The second-order valence-electron chi connectivity index (χ2n) is 4.97. The molecule has 0 bridgehead atoms. The minimum absolute atomic E-state index is 0.198. The second-order valence-corrected chi connectivity index (χ2v) is 6.21. The van der Waals surface area contributed by atoms with E-state index in [1.54, 1.807) is 11.3 Å². The molecule has 1 unspecified atom stereocenters. The Balaban J connectivity index is 2.40. The maximum atomic E-state index is 4.78. The quantitative estimate of drug-likeness (QED) is 0.913. The molecule has 1 atom stereocenters. The fraction of sp³-hybridized carbons (Fsp3) is 0.438. The highest BCUT2D eigenvalue weighted by Gasteiger charge is 2.17. The molecule has 2 nitrogen and oxygen atoms in total. The molecule has 0 aliphatic carbocycles. The third kappa shape index (κ3) is 2.88. The highest BCUT2D eigenvalue weighted by atomic mass is 32.1. The maximum absolute atomic E-state index is 4.78. The minimum atomic E-state index is 0.198. The fourth-order valence-electron chi connectivity index (χ4n) is 2.28. The van der Waals surface area contributed by atoms with E-state index in [0.29, 0.717) is 0 Å². The largest absolute Gasteiger partial charge is 0.307 e. The highest BCUT2D eigenvalue weighted by molar-refractivity contribution is 7.11. The Morgan fingerprint density at radius 2 is 1.95 bits per heavy atom. The lowest BCUT2D eigenvalue weighted by molar-refractivity contribution is 0.682. The summed E-state index contributed by atoms with van der Waals surface area (Å²) in [5.41, 5.74) is 5.19. The Bertz CT molecular complexity index is 572. The number of rotatable bonds is 4. The Kier molecular flexibility index (Phi) is 4.38. The van der Waals surface area contributed by atoms with Gasteiger partial charge in [0, 0.05) is 4.88 Å². The van der Waals surface area contributed by atoms with E-state index in [-0.39, 0.29) is 6.04 Å². The van der Waals surface area contributed by atoms with Gasteiger partial charge in [0.15, 0.2) is 0 Å². The lowest BCUT2D eigenvalue weighted by atomic mass is 10.0. The van der Waals surface area contributed by atoms with Crippen molar-refractivity contribution in [1.82, 2.24) is 10.3 Å². The van der Waals surface area contributed by atoms with Crippen LogP contribution in [-0.4, -0.2) is 12.0 Å². The van der Waals surface area contributed by atoms with E-state index in [9.17, 15) is 0 Å². The van der Waals surface area contributed by atoms with Crippen molar-refractivity contribution in [3.63, 3.8) is 0 Å². The molecule has 102 valence electrons. The summed E-state index contributed by atoms with van der Waals surface area (Å²) in [6, 6.07) is 6.85. The van der Waals surface area contributed by atoms with Gasteiger partial charge in [0.2, 0.25) is 0 Å². The van der Waals surface area contributed by atoms with Crippen molar-refractivity contribution in [3.8, 4) is 0 Å². The molecule has 3 heteroatoms. The summed E-state index contributed by atoms with van der Waals surface area (Å²) in [6.07, 6.45) is 1.01. The van der Waals surface area contributed by atoms with Crippen LogP contribution in [0.5, 0.6) is 0 Å². The second kappa shape index (κ2) is 5.85. The van der Waals surface area contributed by atoms with Crippen molar-refractivity contribution in [2.45, 2.75) is 40.2 Å². The Morgan fingerprint density at radius 3 is 2.47 bits per heavy atom. The van der Waals surface area contributed by atoms with Crippen LogP contribution in [0.3, 0.4) is 0 Å². The first-order chi connectivity index (χ1) is 9.06. The predicted octanol–water partition coefficient (Wildman–Crippen LogP) is 3.94. The Labute approximate surface area is 119 Å². The molecule has 2 aromatic rings. The molecule has 0 spiro atoms. The van der Waals surface area contributed by atoms with Gasteiger partial charge in [0.1, 0.15) is 5.01 Å². The topological polar surface area (TPSA) is 24.9 Å². The molecule has 1 aromatic carbocycles. The van der Waals surface area contributed by atoms with Gasteiger partial charge in [0.05, 0.1) is 11.7 Å². The summed E-state index contributed by atoms with van der Waals surface area (Å²) in [5.74, 6) is 0. The van der Waals surface area contributed by atoms with Gasteiger partial charge >= 0.3 is 0 Å². The van der Waals surface area contributed by atoms with E-state index in [1.807, 2.05) is 7.05 Å². The predicted molar refractivity (Wildman–Crippen MR) is 83.0 cm³/mol. The molecule has 0 aliphatic rings. The summed E-state index contributed by atoms with van der Waals surface area (Å²) < 4.78 is 0. The average Bonchev–Trinajstić information content (AvgIpc) is 2.75. The molecule has 0 aliphatic heterocycles. The molecular weight excluding hydrogens is 252 g/mol. The Morgan fingerprint density at radius 1 is 1.21 bits per heavy atom. The van der Waals surface area contributed by atoms with Crippen LogP contribution in [0.1, 0.15) is 45.2 Å². The number of aromatic nitrogens is 1. The summed E-state index contributed by atoms with van der Waals surface area (Å²) in [6.45, 7) is 8.63. The van der Waals surface area contributed by atoms with E-state index in [4.69, 9.17) is 4.98 Å². The molecule has 1 heterocycles. The van der Waals surface area contributed by atoms with Crippen molar-refractivity contribution in [3.05, 3.63) is 50.5 Å². The Hall–Kier alpha value is -1.19. The van der Waals surface area contributed by atoms with Crippen molar-refractivity contribution < 1.29 is 0 Å². The van der Waals surface area contributed by atoms with Crippen LogP contribution >= 0.6 is 11.3 Å². The zero-order valence-electron chi connectivity index (χ0n) is 12.4. The van der Waals surface area contributed by atoms with Crippen LogP contribution in [0.2, 0.25) is 0 Å². The van der Waals surface area contributed by atoms with Gasteiger partial charge in [-0.3, -0.25) is 0 Å². The first-order valence-corrected chi connectivity index (χ1v) is 7.59. The standard InChI is InChI=1S/C16H22N2S/c1-6-14-12(4)19-16(18-14)15(17-5)13-8-7-10(2)11(3)9-13/h7-9,15,17H,6H2,1-5H3. The molecule has 0 fully saturated rings. The van der Waals surface area contributed by atoms with Crippen LogP contribution in [0.25, 0.3) is 0 Å². The molecule has 19 heavy (non-hydrogen) atoms. The molecule has 0 saturated heterocycles. The molecule has 0 saturated carbocycles. The lowest BCUT2D eigenvalue weighted by Crippen LogP contribution is -2.17. The van der Waals surface area contributed by atoms with Gasteiger partial charge in [-0.1, -0.05) is 25.1 Å². The molecule has 2 rings (SSSR count). The lowest BCUT2D eigenvalue weighted by Gasteiger charge is -2.15. The number of nitrogens with one attached hydrogen (secondary N) is 1. The maximum Gasteiger partial charge on any atom is 0.115 e. The first-order valence-electron chi connectivity index (χ1n) is 6.77. The van der Waals surface area contributed by atoms with Crippen LogP contribution in [0.4, 0.5) is 0 Å². The number of nitrogens with zero attached hydrogens (tertiary/aromatic N) is 1. The van der Waals surface area contributed by atoms with Gasteiger partial charge < -0.3 is 5.32 Å². The molecule has 0 radical (unpaired) electrons. The van der Waals surface area contributed by atoms with Crippen molar-refractivity contribution in [2.75, 3.05) is 7.05 Å². The van der Waals surface area contributed by atoms with Crippen LogP contribution in [-0.2, 0) is 6.42 Å². The smallest absolute Gasteiger partial charge is 0.115 e. The summed E-state index contributed by atoms with van der Waals surface area (Å²) in [5, 5.41) is 4.56. The molecular formula is C16H22N2S. The average molecular weight is 274 g/mol. The van der Waals surface area contributed by atoms with Gasteiger partial charge in [-0.15, -0.1) is 11.3 Å². The third-order valence-corrected chi connectivity index (χ3v) is 4.72. The van der Waals surface area contributed by atoms with Crippen molar-refractivity contribution in [1.29, 1.82) is 0 Å². The summed E-state index contributed by atoms with van der Waals surface area (Å²) >= 11 is 1.80. The summed E-state index contributed by atoms with van der Waals surface area (Å²) in [7, 11) is 2.00. The number of aryl methyl sites for hydroxylation is 4. The van der Waals surface area contributed by atoms with Gasteiger partial charge in [-0.25, -0.2) is 4.98 Å². The van der Waals surface area contributed by atoms with Crippen LogP contribution in [0, 0.1) is 20.8 Å². The van der Waals surface area contributed by atoms with Gasteiger partial charge in [-0.05, 0) is 50.9 Å². The number of thiazole rings is 1. The normalized spacial score (nSPS) is 12.7. The number of benzene rings is 1. The van der Waals surface area contributed by atoms with Crippen LogP contribution < -0.4 is 5.32 Å². The number of hydrogen-bond donors (Lipinski definition) is 1. The van der Waals surface area contributed by atoms with E-state index in [1.165, 1.54) is 32.3 Å². The van der Waals surface area contributed by atoms with Crippen LogP contribution in [0.15, 0.2) is 18.2 Å². The highest BCUT2D eigenvalue weighted by Crippen LogP contribution is 2.29. The number of hydrogen-bond acceptors (Lipinski definition) is 3. The molecule has 0 amide bonds. The zero-order chi connectivity index (χ0) is 14.0. The fourth-order valence-corrected chi connectivity index (χ4v) is 3.43. The monoisotopic (exact) mass is 274 g/mol. The van der Waals surface area contributed by atoms with E-state index < -0.39 is 0 Å². The van der Waals surface area contributed by atoms with Gasteiger partial charge in [-0.2, -0.15) is 0 Å². The van der Waals surface area contributed by atoms with E-state index in [2.05, 4.69) is 51.2 Å². The third-order valence-electron chi connectivity index (χ3n) is 3.64. The van der Waals surface area contributed by atoms with E-state index in [0.717, 1.165) is 6.42 Å². The zero-order valence-corrected chi connectivity index (χ0v) is 13.2. The minimum Gasteiger partial charge on any atom is -0.307 e. The molecule has 1 N–H and O–H groups in total. The van der Waals surface area contributed by atoms with Gasteiger partial charge in [0.25, 0.3) is 0 Å². The van der Waals surface area contributed by atoms with Crippen molar-refractivity contribution >= 4 is 11.3 Å². The molecule has 1 aromatic heterocycles. The van der Waals surface area contributed by atoms with E-state index >= 15 is 0 Å².